The predicted octanol–water partition coefficient (Wildman–Crippen LogP) is 14.5. The Labute approximate surface area is 312 Å². The Kier molecular flexibility index (Phi) is 8.82. The van der Waals surface area contributed by atoms with Crippen LogP contribution in [0, 0.1) is 0 Å². The molecule has 0 bridgehead atoms. The zero-order chi connectivity index (χ0) is 35.4. The van der Waals surface area contributed by atoms with Crippen LogP contribution in [0.2, 0.25) is 0 Å². The van der Waals surface area contributed by atoms with E-state index in [2.05, 4.69) is 217 Å². The highest BCUT2D eigenvalue weighted by Crippen LogP contribution is 2.44. The maximum Gasteiger partial charge on any atom is 0.0468 e. The summed E-state index contributed by atoms with van der Waals surface area (Å²) in [6.07, 6.45) is 6.72. The van der Waals surface area contributed by atoms with Crippen molar-refractivity contribution >= 4 is 23.1 Å². The van der Waals surface area contributed by atoms with E-state index in [1.807, 2.05) is 0 Å². The Morgan fingerprint density at radius 1 is 0.321 bits per heavy atom. The highest BCUT2D eigenvalue weighted by atomic mass is 15.1. The van der Waals surface area contributed by atoms with Crippen molar-refractivity contribution in [3.05, 3.63) is 217 Å². The van der Waals surface area contributed by atoms with Crippen LogP contribution >= 0.6 is 0 Å². The zero-order valence-corrected chi connectivity index (χ0v) is 29.6. The minimum atomic E-state index is 1.08. The first-order chi connectivity index (χ1) is 26.3. The van der Waals surface area contributed by atoms with Crippen molar-refractivity contribution in [1.82, 2.24) is 0 Å². The Bertz CT molecular complexity index is 2430. The summed E-state index contributed by atoms with van der Waals surface area (Å²) in [4.78, 5) is 2.38. The lowest BCUT2D eigenvalue weighted by atomic mass is 9.87. The number of fused-ring (bicyclic) bond motifs is 1. The molecular formula is C52H39N. The molecule has 0 fully saturated rings. The van der Waals surface area contributed by atoms with Gasteiger partial charge in [0, 0.05) is 17.1 Å². The third-order valence-electron chi connectivity index (χ3n) is 10.4. The molecular weight excluding hydrogens is 639 g/mol. The maximum atomic E-state index is 2.40. The van der Waals surface area contributed by atoms with E-state index in [0.717, 1.165) is 29.9 Å². The van der Waals surface area contributed by atoms with Gasteiger partial charge in [-0.3, -0.25) is 0 Å². The van der Waals surface area contributed by atoms with Crippen molar-refractivity contribution in [3.8, 4) is 55.6 Å². The average molecular weight is 678 g/mol. The Hall–Kier alpha value is -6.70. The van der Waals surface area contributed by atoms with E-state index in [9.17, 15) is 0 Å². The van der Waals surface area contributed by atoms with Crippen molar-refractivity contribution in [3.63, 3.8) is 0 Å². The fraction of sp³-hybridized carbons (Fsp3) is 0.0385. The van der Waals surface area contributed by atoms with Crippen LogP contribution < -0.4 is 4.90 Å². The Morgan fingerprint density at radius 3 is 1.40 bits per heavy atom. The lowest BCUT2D eigenvalue weighted by molar-refractivity contribution is 0.986. The van der Waals surface area contributed by atoms with Gasteiger partial charge in [0.2, 0.25) is 0 Å². The van der Waals surface area contributed by atoms with Crippen molar-refractivity contribution in [2.75, 3.05) is 4.90 Å². The van der Waals surface area contributed by atoms with Gasteiger partial charge < -0.3 is 4.90 Å². The lowest BCUT2D eigenvalue weighted by Gasteiger charge is -2.27. The van der Waals surface area contributed by atoms with Crippen LogP contribution in [0.15, 0.2) is 206 Å². The molecule has 8 aromatic rings. The molecule has 0 amide bonds. The van der Waals surface area contributed by atoms with Crippen LogP contribution in [-0.4, -0.2) is 0 Å². The van der Waals surface area contributed by atoms with Crippen molar-refractivity contribution in [2.24, 2.45) is 0 Å². The van der Waals surface area contributed by atoms with Crippen LogP contribution in [0.3, 0.4) is 0 Å². The molecule has 9 rings (SSSR count). The summed E-state index contributed by atoms with van der Waals surface area (Å²) in [5, 5.41) is 0. The van der Waals surface area contributed by atoms with E-state index in [-0.39, 0.29) is 0 Å². The van der Waals surface area contributed by atoms with Gasteiger partial charge >= 0.3 is 0 Å². The molecule has 252 valence electrons. The summed E-state index contributed by atoms with van der Waals surface area (Å²) in [6, 6.07) is 72.7. The number of hydrogen-bond acceptors (Lipinski definition) is 1. The van der Waals surface area contributed by atoms with Gasteiger partial charge in [-0.15, -0.1) is 0 Å². The van der Waals surface area contributed by atoms with Gasteiger partial charge in [0.15, 0.2) is 0 Å². The monoisotopic (exact) mass is 677 g/mol. The second kappa shape index (κ2) is 14.5. The number of anilines is 3. The predicted molar refractivity (Wildman–Crippen MR) is 226 cm³/mol. The number of aryl methyl sites for hydroxylation is 1. The highest BCUT2D eigenvalue weighted by molar-refractivity contribution is 5.94. The molecule has 0 radical (unpaired) electrons. The average Bonchev–Trinajstić information content (AvgIpc) is 3.25. The standard InChI is InChI=1S/C52H39N/c1-4-14-38(15-5-1)41-26-30-46(31-27-41)53(47-32-28-42(29-33-47)39-16-6-2-7-17-39)48-34-35-51(52(37-48)43-19-8-3-9-20-43)50-23-13-12-22-49(50)45-25-24-40-18-10-11-21-44(40)36-45/h1-10,12-20,22-37H,11,21H2. The van der Waals surface area contributed by atoms with E-state index < -0.39 is 0 Å². The van der Waals surface area contributed by atoms with Crippen LogP contribution in [0.5, 0.6) is 0 Å². The summed E-state index contributed by atoms with van der Waals surface area (Å²) in [6.45, 7) is 0. The van der Waals surface area contributed by atoms with Gasteiger partial charge in [-0.1, -0.05) is 176 Å². The summed E-state index contributed by atoms with van der Waals surface area (Å²) >= 11 is 0. The van der Waals surface area contributed by atoms with Crippen LogP contribution in [0.4, 0.5) is 17.1 Å². The number of hydrogen-bond donors (Lipinski definition) is 0. The molecule has 1 aliphatic rings. The summed E-state index contributed by atoms with van der Waals surface area (Å²) in [7, 11) is 0. The second-order valence-corrected chi connectivity index (χ2v) is 13.7. The second-order valence-electron chi connectivity index (χ2n) is 13.7. The topological polar surface area (TPSA) is 3.24 Å². The van der Waals surface area contributed by atoms with Gasteiger partial charge in [-0.2, -0.15) is 0 Å². The fourth-order valence-electron chi connectivity index (χ4n) is 7.65. The Balaban J connectivity index is 1.19. The van der Waals surface area contributed by atoms with E-state index >= 15 is 0 Å². The smallest absolute Gasteiger partial charge is 0.0468 e. The minimum absolute atomic E-state index is 1.08. The molecule has 0 saturated carbocycles. The summed E-state index contributed by atoms with van der Waals surface area (Å²) < 4.78 is 0. The molecule has 0 spiro atoms. The summed E-state index contributed by atoms with van der Waals surface area (Å²) in [5.41, 5.74) is 18.2. The first-order valence-corrected chi connectivity index (χ1v) is 18.5. The molecule has 0 aromatic heterocycles. The molecule has 0 unspecified atom stereocenters. The van der Waals surface area contributed by atoms with Crippen LogP contribution in [-0.2, 0) is 6.42 Å². The molecule has 0 aliphatic heterocycles. The number of rotatable bonds is 8. The third kappa shape index (κ3) is 6.62. The first-order valence-electron chi connectivity index (χ1n) is 18.5. The minimum Gasteiger partial charge on any atom is -0.310 e. The van der Waals surface area contributed by atoms with Gasteiger partial charge in [0.1, 0.15) is 0 Å². The molecule has 53 heavy (non-hydrogen) atoms. The van der Waals surface area contributed by atoms with Gasteiger partial charge in [-0.05, 0) is 116 Å². The quantitative estimate of drug-likeness (QED) is 0.155. The SMILES string of the molecule is C1=Cc2ccc(-c3ccccc3-c3ccc(N(c4ccc(-c5ccccc5)cc4)c4ccc(-c5ccccc5)cc4)cc3-c3ccccc3)cc2CC1. The molecule has 0 N–H and O–H groups in total. The molecule has 1 heteroatoms. The highest BCUT2D eigenvalue weighted by Gasteiger charge is 2.19. The normalized spacial score (nSPS) is 11.9. The van der Waals surface area contributed by atoms with Crippen molar-refractivity contribution < 1.29 is 0 Å². The van der Waals surface area contributed by atoms with Crippen molar-refractivity contribution in [1.29, 1.82) is 0 Å². The Morgan fingerprint density at radius 2 is 0.792 bits per heavy atom. The van der Waals surface area contributed by atoms with Crippen LogP contribution in [0.1, 0.15) is 17.5 Å². The third-order valence-corrected chi connectivity index (χ3v) is 10.4. The number of allylic oxidation sites excluding steroid dienone is 1. The maximum absolute atomic E-state index is 2.40. The van der Waals surface area contributed by atoms with E-state index in [4.69, 9.17) is 0 Å². The number of benzene rings is 8. The van der Waals surface area contributed by atoms with E-state index in [0.29, 0.717) is 0 Å². The van der Waals surface area contributed by atoms with Gasteiger partial charge in [0.05, 0.1) is 0 Å². The number of nitrogens with zero attached hydrogens (tertiary/aromatic N) is 1. The van der Waals surface area contributed by atoms with E-state index in [1.165, 1.54) is 66.8 Å². The van der Waals surface area contributed by atoms with Gasteiger partial charge in [0.25, 0.3) is 0 Å². The zero-order valence-electron chi connectivity index (χ0n) is 29.6. The largest absolute Gasteiger partial charge is 0.310 e. The lowest BCUT2D eigenvalue weighted by Crippen LogP contribution is -2.10. The molecule has 8 aromatic carbocycles. The van der Waals surface area contributed by atoms with Crippen LogP contribution in [0.25, 0.3) is 61.7 Å². The van der Waals surface area contributed by atoms with Crippen molar-refractivity contribution in [2.45, 2.75) is 12.8 Å². The first kappa shape index (κ1) is 32.2. The summed E-state index contributed by atoms with van der Waals surface area (Å²) in [5.74, 6) is 0. The van der Waals surface area contributed by atoms with E-state index in [1.54, 1.807) is 0 Å². The molecule has 0 saturated heterocycles. The van der Waals surface area contributed by atoms with Gasteiger partial charge in [-0.25, -0.2) is 0 Å². The molecule has 0 heterocycles. The molecule has 1 nitrogen and oxygen atoms in total. The fourth-order valence-corrected chi connectivity index (χ4v) is 7.65. The molecule has 0 atom stereocenters. The molecule has 1 aliphatic carbocycles.